The summed E-state index contributed by atoms with van der Waals surface area (Å²) >= 11 is 5.88. The number of halogens is 1. The molecule has 0 atom stereocenters. The number of para-hydroxylation sites is 1. The van der Waals surface area contributed by atoms with Gasteiger partial charge < -0.3 is 5.32 Å². The topological polar surface area (TPSA) is 55.2 Å². The first kappa shape index (κ1) is 12.3. The Morgan fingerprint density at radius 1 is 1.56 bits per heavy atom. The van der Waals surface area contributed by atoms with Crippen LogP contribution in [0.5, 0.6) is 0 Å². The lowest BCUT2D eigenvalue weighted by atomic mass is 10.2. The average molecular weight is 239 g/mol. The number of hydrogen-bond donors (Lipinski definition) is 1. The summed E-state index contributed by atoms with van der Waals surface area (Å²) in [4.78, 5) is 10.3. The fraction of sp³-hybridized carbons (Fsp3) is 0.273. The number of rotatable bonds is 4. The van der Waals surface area contributed by atoms with Crippen LogP contribution in [0.4, 0.5) is 11.4 Å². The van der Waals surface area contributed by atoms with Gasteiger partial charge in [0.1, 0.15) is 5.69 Å². The zero-order valence-electron chi connectivity index (χ0n) is 8.79. The van der Waals surface area contributed by atoms with Crippen molar-refractivity contribution in [2.24, 2.45) is 0 Å². The summed E-state index contributed by atoms with van der Waals surface area (Å²) in [5.74, 6) is 5.61. The molecule has 4 nitrogen and oxygen atoms in total. The zero-order chi connectivity index (χ0) is 12.0. The van der Waals surface area contributed by atoms with E-state index in [0.717, 1.165) is 0 Å². The molecule has 0 saturated heterocycles. The highest BCUT2D eigenvalue weighted by atomic mass is 35.5. The van der Waals surface area contributed by atoms with Crippen LogP contribution in [0.25, 0.3) is 0 Å². The average Bonchev–Trinajstić information content (AvgIpc) is 2.25. The minimum atomic E-state index is -0.459. The molecule has 16 heavy (non-hydrogen) atoms. The predicted octanol–water partition coefficient (Wildman–Crippen LogP) is 3.07. The Hall–Kier alpha value is -1.73. The van der Waals surface area contributed by atoms with Crippen molar-refractivity contribution in [1.29, 1.82) is 0 Å². The molecule has 84 valence electrons. The molecular weight excluding hydrogens is 228 g/mol. The van der Waals surface area contributed by atoms with E-state index in [9.17, 15) is 10.1 Å². The molecule has 0 bridgehead atoms. The van der Waals surface area contributed by atoms with E-state index in [1.807, 2.05) is 0 Å². The van der Waals surface area contributed by atoms with Gasteiger partial charge in [0.25, 0.3) is 5.69 Å². The van der Waals surface area contributed by atoms with Gasteiger partial charge in [-0.15, -0.1) is 11.8 Å². The van der Waals surface area contributed by atoms with Crippen molar-refractivity contribution in [1.82, 2.24) is 0 Å². The SMILES string of the molecule is CC#CCCNc1c(Cl)cccc1[N+](=O)[O-]. The van der Waals surface area contributed by atoms with Crippen LogP contribution in [0.2, 0.25) is 5.02 Å². The van der Waals surface area contributed by atoms with Gasteiger partial charge in [-0.3, -0.25) is 10.1 Å². The molecule has 0 aromatic heterocycles. The summed E-state index contributed by atoms with van der Waals surface area (Å²) in [6, 6.07) is 4.58. The molecule has 1 rings (SSSR count). The van der Waals surface area contributed by atoms with Crippen LogP contribution in [0, 0.1) is 22.0 Å². The summed E-state index contributed by atoms with van der Waals surface area (Å²) < 4.78 is 0. The zero-order valence-corrected chi connectivity index (χ0v) is 9.54. The fourth-order valence-corrected chi connectivity index (χ4v) is 1.45. The maximum Gasteiger partial charge on any atom is 0.293 e. The molecule has 1 aromatic carbocycles. The Morgan fingerprint density at radius 3 is 2.94 bits per heavy atom. The summed E-state index contributed by atoms with van der Waals surface area (Å²) in [5.41, 5.74) is 0.337. The number of nitrogens with one attached hydrogen (secondary N) is 1. The molecule has 0 unspecified atom stereocenters. The number of anilines is 1. The third-order valence-corrected chi connectivity index (χ3v) is 2.23. The van der Waals surface area contributed by atoms with Crippen molar-refractivity contribution >= 4 is 23.0 Å². The summed E-state index contributed by atoms with van der Waals surface area (Å²) in [7, 11) is 0. The van der Waals surface area contributed by atoms with Crippen molar-refractivity contribution in [3.8, 4) is 11.8 Å². The highest BCUT2D eigenvalue weighted by Crippen LogP contribution is 2.31. The lowest BCUT2D eigenvalue weighted by Gasteiger charge is -2.06. The van der Waals surface area contributed by atoms with Crippen molar-refractivity contribution in [2.75, 3.05) is 11.9 Å². The van der Waals surface area contributed by atoms with Crippen LogP contribution < -0.4 is 5.32 Å². The van der Waals surface area contributed by atoms with E-state index in [4.69, 9.17) is 11.6 Å². The summed E-state index contributed by atoms with van der Waals surface area (Å²) in [6.45, 7) is 2.28. The molecule has 0 aliphatic rings. The first-order chi connectivity index (χ1) is 7.66. The maximum absolute atomic E-state index is 10.7. The van der Waals surface area contributed by atoms with Crippen LogP contribution in [0.1, 0.15) is 13.3 Å². The van der Waals surface area contributed by atoms with Gasteiger partial charge in [-0.05, 0) is 13.0 Å². The standard InChI is InChI=1S/C11H11ClN2O2/c1-2-3-4-8-13-11-9(12)6-5-7-10(11)14(15)16/h5-7,13H,4,8H2,1H3. The molecule has 0 spiro atoms. The van der Waals surface area contributed by atoms with Crippen LogP contribution in [-0.2, 0) is 0 Å². The second-order valence-electron chi connectivity index (χ2n) is 2.99. The smallest absolute Gasteiger partial charge is 0.293 e. The Morgan fingerprint density at radius 2 is 2.31 bits per heavy atom. The summed E-state index contributed by atoms with van der Waals surface area (Å²) in [6.07, 6.45) is 0.624. The number of nitro benzene ring substituents is 1. The van der Waals surface area contributed by atoms with Gasteiger partial charge in [0.15, 0.2) is 0 Å². The molecule has 0 fully saturated rings. The molecule has 0 heterocycles. The Labute approximate surface area is 98.8 Å². The number of nitro groups is 1. The van der Waals surface area contributed by atoms with Crippen LogP contribution in [0.15, 0.2) is 18.2 Å². The van der Waals surface area contributed by atoms with E-state index in [2.05, 4.69) is 17.2 Å². The second kappa shape index (κ2) is 5.99. The van der Waals surface area contributed by atoms with E-state index in [1.165, 1.54) is 6.07 Å². The van der Waals surface area contributed by atoms with Crippen LogP contribution in [0.3, 0.4) is 0 Å². The van der Waals surface area contributed by atoms with Gasteiger partial charge >= 0.3 is 0 Å². The maximum atomic E-state index is 10.7. The van der Waals surface area contributed by atoms with Gasteiger partial charge in [0, 0.05) is 19.0 Å². The van der Waals surface area contributed by atoms with Crippen molar-refractivity contribution in [2.45, 2.75) is 13.3 Å². The molecule has 1 aromatic rings. The van der Waals surface area contributed by atoms with Gasteiger partial charge in [-0.1, -0.05) is 17.7 Å². The highest BCUT2D eigenvalue weighted by molar-refractivity contribution is 6.33. The van der Waals surface area contributed by atoms with Crippen molar-refractivity contribution in [3.05, 3.63) is 33.3 Å². The van der Waals surface area contributed by atoms with Gasteiger partial charge in [-0.2, -0.15) is 0 Å². The third-order valence-electron chi connectivity index (χ3n) is 1.92. The van der Waals surface area contributed by atoms with Gasteiger partial charge in [0.2, 0.25) is 0 Å². The normalized spacial score (nSPS) is 9.12. The molecule has 0 radical (unpaired) electrons. The Kier molecular flexibility index (Phi) is 4.62. The Bertz CT molecular complexity index is 449. The van der Waals surface area contributed by atoms with E-state index in [-0.39, 0.29) is 5.69 Å². The van der Waals surface area contributed by atoms with Gasteiger partial charge in [0.05, 0.1) is 9.95 Å². The van der Waals surface area contributed by atoms with Crippen LogP contribution in [-0.4, -0.2) is 11.5 Å². The molecule has 0 amide bonds. The number of hydrogen-bond acceptors (Lipinski definition) is 3. The van der Waals surface area contributed by atoms with E-state index in [1.54, 1.807) is 19.1 Å². The van der Waals surface area contributed by atoms with E-state index >= 15 is 0 Å². The van der Waals surface area contributed by atoms with E-state index < -0.39 is 4.92 Å². The monoisotopic (exact) mass is 238 g/mol. The van der Waals surface area contributed by atoms with Crippen LogP contribution >= 0.6 is 11.6 Å². The lowest BCUT2D eigenvalue weighted by Crippen LogP contribution is -2.04. The number of benzene rings is 1. The molecule has 5 heteroatoms. The first-order valence-electron chi connectivity index (χ1n) is 4.73. The molecule has 0 aliphatic heterocycles. The molecule has 0 aliphatic carbocycles. The Balaban J connectivity index is 2.83. The highest BCUT2D eigenvalue weighted by Gasteiger charge is 2.15. The third kappa shape index (κ3) is 3.14. The molecular formula is C11H11ClN2O2. The van der Waals surface area contributed by atoms with Crippen molar-refractivity contribution in [3.63, 3.8) is 0 Å². The quantitative estimate of drug-likeness (QED) is 0.380. The largest absolute Gasteiger partial charge is 0.377 e. The molecule has 0 saturated carbocycles. The predicted molar refractivity (Wildman–Crippen MR) is 64.7 cm³/mol. The van der Waals surface area contributed by atoms with E-state index in [0.29, 0.717) is 23.7 Å². The molecule has 1 N–H and O–H groups in total. The number of nitrogens with zero attached hydrogens (tertiary/aromatic N) is 1. The van der Waals surface area contributed by atoms with Crippen molar-refractivity contribution < 1.29 is 4.92 Å². The minimum absolute atomic E-state index is 0.0167. The van der Waals surface area contributed by atoms with Gasteiger partial charge in [-0.25, -0.2) is 0 Å². The second-order valence-corrected chi connectivity index (χ2v) is 3.40. The summed E-state index contributed by atoms with van der Waals surface area (Å²) in [5, 5.41) is 14.0. The lowest BCUT2D eigenvalue weighted by molar-refractivity contribution is -0.383. The fourth-order valence-electron chi connectivity index (χ4n) is 1.21. The minimum Gasteiger partial charge on any atom is -0.377 e. The first-order valence-corrected chi connectivity index (χ1v) is 5.11.